The van der Waals surface area contributed by atoms with Gasteiger partial charge in [0, 0.05) is 55.3 Å². The highest BCUT2D eigenvalue weighted by molar-refractivity contribution is 7.15. The number of anilines is 1. The topological polar surface area (TPSA) is 117 Å². The lowest BCUT2D eigenvalue weighted by molar-refractivity contribution is -0.196. The van der Waals surface area contributed by atoms with E-state index in [1.807, 2.05) is 43.3 Å². The molecule has 10 nitrogen and oxygen atoms in total. The van der Waals surface area contributed by atoms with Crippen molar-refractivity contribution in [1.29, 1.82) is 0 Å². The van der Waals surface area contributed by atoms with Crippen LogP contribution in [0.15, 0.2) is 46.9 Å². The van der Waals surface area contributed by atoms with Gasteiger partial charge in [0.25, 0.3) is 11.8 Å². The number of benzene rings is 1. The van der Waals surface area contributed by atoms with Gasteiger partial charge in [-0.25, -0.2) is 9.78 Å². The second-order valence-corrected chi connectivity index (χ2v) is 8.02. The van der Waals surface area contributed by atoms with Crippen molar-refractivity contribution in [1.82, 2.24) is 15.0 Å². The molecule has 0 unspecified atom stereocenters. The summed E-state index contributed by atoms with van der Waals surface area (Å²) in [5, 5.41) is 10.3. The third kappa shape index (κ3) is 4.40. The van der Waals surface area contributed by atoms with E-state index < -0.39 is 17.8 Å². The molecule has 3 heterocycles. The summed E-state index contributed by atoms with van der Waals surface area (Å²) in [6.07, 6.45) is 3.15. The maximum atomic E-state index is 12.0. The molecule has 2 amide bonds. The van der Waals surface area contributed by atoms with Gasteiger partial charge < -0.3 is 9.74 Å². The van der Waals surface area contributed by atoms with Gasteiger partial charge in [-0.15, -0.1) is 15.3 Å². The number of azo groups is 1. The number of hydrogen-bond acceptors (Lipinski definition) is 10. The molecule has 4 rings (SSSR count). The maximum absolute atomic E-state index is 12.0. The van der Waals surface area contributed by atoms with E-state index in [1.165, 1.54) is 6.20 Å². The molecule has 1 aromatic carbocycles. The van der Waals surface area contributed by atoms with Gasteiger partial charge in [-0.05, 0) is 24.3 Å². The van der Waals surface area contributed by atoms with Crippen LogP contribution < -0.4 is 4.90 Å². The summed E-state index contributed by atoms with van der Waals surface area (Å²) in [4.78, 5) is 51.1. The molecule has 11 heteroatoms. The van der Waals surface area contributed by atoms with Crippen LogP contribution in [-0.2, 0) is 25.6 Å². The second kappa shape index (κ2) is 8.56. The third-order valence-electron chi connectivity index (χ3n) is 4.51. The van der Waals surface area contributed by atoms with E-state index in [9.17, 15) is 14.4 Å². The fourth-order valence-corrected chi connectivity index (χ4v) is 3.79. The molecule has 31 heavy (non-hydrogen) atoms. The van der Waals surface area contributed by atoms with Gasteiger partial charge in [-0.1, -0.05) is 11.3 Å². The number of carbonyl (C=O) groups excluding carboxylic acids is 3. The quantitative estimate of drug-likeness (QED) is 0.428. The first-order valence-corrected chi connectivity index (χ1v) is 10.2. The van der Waals surface area contributed by atoms with Crippen LogP contribution >= 0.6 is 11.3 Å². The van der Waals surface area contributed by atoms with Gasteiger partial charge in [0.2, 0.25) is 5.13 Å². The standard InChI is InChI=1S/C20H18N6O4S/c1-25(2)15-6-5-14(19-13(15)4-3-9-21-19)23-24-20-22-11-12(31-20)10-18(29)30-26-16(27)7-8-17(26)28/h3-6,9,11H,7-8,10H2,1-2H3. The molecule has 0 spiro atoms. The van der Waals surface area contributed by atoms with E-state index in [2.05, 4.69) is 20.2 Å². The van der Waals surface area contributed by atoms with Crippen LogP contribution in [0.3, 0.4) is 0 Å². The molecule has 0 saturated carbocycles. The first-order chi connectivity index (χ1) is 14.9. The largest absolute Gasteiger partial charge is 0.377 e. The number of imide groups is 1. The average molecular weight is 438 g/mol. The summed E-state index contributed by atoms with van der Waals surface area (Å²) in [5.41, 5.74) is 2.34. The molecule has 2 aromatic heterocycles. The van der Waals surface area contributed by atoms with E-state index >= 15 is 0 Å². The van der Waals surface area contributed by atoms with Crippen molar-refractivity contribution < 1.29 is 19.2 Å². The fourth-order valence-electron chi connectivity index (χ4n) is 3.07. The molecule has 3 aromatic rings. The molecule has 0 aliphatic carbocycles. The lowest BCUT2D eigenvalue weighted by atomic mass is 10.1. The Bertz CT molecular complexity index is 1190. The molecule has 1 fully saturated rings. The Balaban J connectivity index is 1.47. The smallest absolute Gasteiger partial charge is 0.338 e. The van der Waals surface area contributed by atoms with Gasteiger partial charge in [0.1, 0.15) is 5.69 Å². The van der Waals surface area contributed by atoms with E-state index in [4.69, 9.17) is 4.84 Å². The summed E-state index contributed by atoms with van der Waals surface area (Å²) < 4.78 is 0. The van der Waals surface area contributed by atoms with Crippen LogP contribution in [0, 0.1) is 0 Å². The predicted octanol–water partition coefficient (Wildman–Crippen LogP) is 3.32. The lowest BCUT2D eigenvalue weighted by Gasteiger charge is -2.15. The van der Waals surface area contributed by atoms with Crippen LogP contribution in [0.4, 0.5) is 16.5 Å². The number of rotatable bonds is 6. The summed E-state index contributed by atoms with van der Waals surface area (Å²) >= 11 is 1.16. The van der Waals surface area contributed by atoms with Crippen molar-refractivity contribution in [3.05, 3.63) is 41.5 Å². The molecule has 0 N–H and O–H groups in total. The number of thiazole rings is 1. The molecule has 158 valence electrons. The highest BCUT2D eigenvalue weighted by Gasteiger charge is 2.32. The Labute approximate surface area is 181 Å². The zero-order chi connectivity index (χ0) is 22.0. The molecule has 0 radical (unpaired) electrons. The minimum Gasteiger partial charge on any atom is -0.377 e. The Morgan fingerprint density at radius 2 is 1.94 bits per heavy atom. The molecular weight excluding hydrogens is 420 g/mol. The lowest BCUT2D eigenvalue weighted by Crippen LogP contribution is -2.32. The van der Waals surface area contributed by atoms with E-state index in [0.29, 0.717) is 20.8 Å². The van der Waals surface area contributed by atoms with Crippen molar-refractivity contribution in [3.8, 4) is 0 Å². The van der Waals surface area contributed by atoms with Gasteiger partial charge in [0.05, 0.1) is 11.9 Å². The zero-order valence-corrected chi connectivity index (χ0v) is 17.6. The third-order valence-corrected chi connectivity index (χ3v) is 5.39. The van der Waals surface area contributed by atoms with Crippen molar-refractivity contribution in [3.63, 3.8) is 0 Å². The van der Waals surface area contributed by atoms with E-state index in [0.717, 1.165) is 27.9 Å². The Hall–Kier alpha value is -3.73. The van der Waals surface area contributed by atoms with Crippen molar-refractivity contribution in [2.24, 2.45) is 10.2 Å². The predicted molar refractivity (Wildman–Crippen MR) is 113 cm³/mol. The van der Waals surface area contributed by atoms with Crippen LogP contribution in [0.5, 0.6) is 0 Å². The zero-order valence-electron chi connectivity index (χ0n) is 16.8. The highest BCUT2D eigenvalue weighted by atomic mass is 32.1. The van der Waals surface area contributed by atoms with Crippen LogP contribution in [-0.4, -0.2) is 46.9 Å². The van der Waals surface area contributed by atoms with E-state index in [1.54, 1.807) is 6.20 Å². The molecular formula is C20H18N6O4S. The number of nitrogens with zero attached hydrogens (tertiary/aromatic N) is 6. The number of fused-ring (bicyclic) bond motifs is 1. The minimum atomic E-state index is -0.717. The molecule has 1 aliphatic rings. The monoisotopic (exact) mass is 438 g/mol. The average Bonchev–Trinajstić information content (AvgIpc) is 3.33. The Morgan fingerprint density at radius 1 is 1.16 bits per heavy atom. The number of hydroxylamine groups is 2. The first kappa shape index (κ1) is 20.5. The maximum Gasteiger partial charge on any atom is 0.338 e. The van der Waals surface area contributed by atoms with Crippen LogP contribution in [0.2, 0.25) is 0 Å². The van der Waals surface area contributed by atoms with Gasteiger partial charge >= 0.3 is 5.97 Å². The number of hydrogen-bond donors (Lipinski definition) is 0. The van der Waals surface area contributed by atoms with Gasteiger partial charge in [0.15, 0.2) is 0 Å². The first-order valence-electron chi connectivity index (χ1n) is 9.40. The normalized spacial score (nSPS) is 14.1. The van der Waals surface area contributed by atoms with E-state index in [-0.39, 0.29) is 19.3 Å². The summed E-state index contributed by atoms with van der Waals surface area (Å²) in [6, 6.07) is 7.62. The molecule has 0 bridgehead atoms. The second-order valence-electron chi connectivity index (χ2n) is 6.93. The Kier molecular flexibility index (Phi) is 5.67. The SMILES string of the molecule is CN(C)c1ccc(N=Nc2ncc(CC(=O)ON3C(=O)CCC3=O)s2)c2ncccc12. The number of carbonyl (C=O) groups is 3. The summed E-state index contributed by atoms with van der Waals surface area (Å²) in [5.74, 6) is -1.75. The fraction of sp³-hybridized carbons (Fsp3) is 0.250. The number of aromatic nitrogens is 2. The molecule has 1 aliphatic heterocycles. The van der Waals surface area contributed by atoms with Crippen molar-refractivity contribution >= 4 is 56.5 Å². The van der Waals surface area contributed by atoms with Crippen LogP contribution in [0.25, 0.3) is 10.9 Å². The van der Waals surface area contributed by atoms with Gasteiger partial charge in [-0.3, -0.25) is 14.6 Å². The molecule has 0 atom stereocenters. The van der Waals surface area contributed by atoms with Crippen LogP contribution in [0.1, 0.15) is 17.7 Å². The molecule has 1 saturated heterocycles. The van der Waals surface area contributed by atoms with Gasteiger partial charge in [-0.2, -0.15) is 0 Å². The van der Waals surface area contributed by atoms with Crippen molar-refractivity contribution in [2.75, 3.05) is 19.0 Å². The Morgan fingerprint density at radius 3 is 2.68 bits per heavy atom. The number of amides is 2. The summed E-state index contributed by atoms with van der Waals surface area (Å²) in [7, 11) is 3.92. The summed E-state index contributed by atoms with van der Waals surface area (Å²) in [6.45, 7) is 0. The van der Waals surface area contributed by atoms with Crippen molar-refractivity contribution in [2.45, 2.75) is 19.3 Å². The number of pyridine rings is 1. The minimum absolute atomic E-state index is 0.0519. The highest BCUT2D eigenvalue weighted by Crippen LogP contribution is 2.33.